The second kappa shape index (κ2) is 6.81. The summed E-state index contributed by atoms with van der Waals surface area (Å²) in [4.78, 5) is 14.1. The molecule has 0 radical (unpaired) electrons. The van der Waals surface area contributed by atoms with Crippen molar-refractivity contribution < 1.29 is 9.53 Å². The molecular weight excluding hydrogens is 220 g/mol. The van der Waals surface area contributed by atoms with Crippen LogP contribution in [0.5, 0.6) is 0 Å². The fourth-order valence-corrected chi connectivity index (χ4v) is 2.55. The lowest BCUT2D eigenvalue weighted by Crippen LogP contribution is -2.10. The van der Waals surface area contributed by atoms with Crippen LogP contribution in [0, 0.1) is 13.8 Å². The van der Waals surface area contributed by atoms with Crippen molar-refractivity contribution in [1.29, 1.82) is 0 Å². The van der Waals surface area contributed by atoms with E-state index in [1.54, 1.807) is 11.3 Å². The topological polar surface area (TPSA) is 26.3 Å². The molecule has 1 heterocycles. The third-order valence-electron chi connectivity index (χ3n) is 2.47. The van der Waals surface area contributed by atoms with Gasteiger partial charge in [0.05, 0.1) is 0 Å². The van der Waals surface area contributed by atoms with Crippen molar-refractivity contribution in [2.24, 2.45) is 0 Å². The third-order valence-corrected chi connectivity index (χ3v) is 3.43. The Bertz CT molecular complexity index is 342. The lowest BCUT2D eigenvalue weighted by Gasteiger charge is -2.02. The fraction of sp³-hybridized carbons (Fsp3) is 0.615. The molecule has 0 unspecified atom stereocenters. The molecule has 0 aliphatic rings. The van der Waals surface area contributed by atoms with Gasteiger partial charge >= 0.3 is 0 Å². The van der Waals surface area contributed by atoms with Crippen LogP contribution in [0.25, 0.3) is 0 Å². The van der Waals surface area contributed by atoms with Gasteiger partial charge in [-0.15, -0.1) is 11.3 Å². The Morgan fingerprint density at radius 3 is 2.69 bits per heavy atom. The second-order valence-electron chi connectivity index (χ2n) is 4.01. The highest BCUT2D eigenvalue weighted by Crippen LogP contribution is 2.20. The molecule has 0 bridgehead atoms. The molecule has 1 rings (SSSR count). The minimum absolute atomic E-state index is 0.110. The molecule has 1 aromatic heterocycles. The normalized spacial score (nSPS) is 10.7. The van der Waals surface area contributed by atoms with Gasteiger partial charge in [0, 0.05) is 21.9 Å². The second-order valence-corrected chi connectivity index (χ2v) is 5.47. The molecule has 0 aliphatic carbocycles. The Morgan fingerprint density at radius 2 is 2.12 bits per heavy atom. The van der Waals surface area contributed by atoms with E-state index in [2.05, 4.69) is 6.92 Å². The van der Waals surface area contributed by atoms with Crippen molar-refractivity contribution in [3.8, 4) is 0 Å². The minimum Gasteiger partial charge on any atom is -0.373 e. The van der Waals surface area contributed by atoms with Gasteiger partial charge in [-0.25, -0.2) is 0 Å². The molecule has 3 heteroatoms. The standard InChI is InChI=1S/C13H20O2S/c1-4-5-6-7-15-9-13(14)12-8-10(2)16-11(12)3/h8H,4-7,9H2,1-3H3. The first kappa shape index (κ1) is 13.4. The Hall–Kier alpha value is -0.670. The van der Waals surface area contributed by atoms with Crippen LogP contribution in [0.3, 0.4) is 0 Å². The maximum atomic E-state index is 11.8. The molecule has 0 amide bonds. The zero-order valence-electron chi connectivity index (χ0n) is 10.3. The number of ketones is 1. The average Bonchev–Trinajstić information content (AvgIpc) is 2.57. The predicted octanol–water partition coefficient (Wildman–Crippen LogP) is 3.75. The number of thiophene rings is 1. The summed E-state index contributed by atoms with van der Waals surface area (Å²) in [6.45, 7) is 7.09. The van der Waals surface area contributed by atoms with Gasteiger partial charge in [0.1, 0.15) is 6.61 Å². The number of aryl methyl sites for hydroxylation is 2. The quantitative estimate of drug-likeness (QED) is 0.536. The Balaban J connectivity index is 2.33. The molecule has 0 aromatic carbocycles. The summed E-state index contributed by atoms with van der Waals surface area (Å²) in [5, 5.41) is 0. The fourth-order valence-electron chi connectivity index (χ4n) is 1.60. The minimum atomic E-state index is 0.110. The third kappa shape index (κ3) is 4.06. The number of Topliss-reactive ketones (excluding diaryl/α,β-unsaturated/α-hetero) is 1. The van der Waals surface area contributed by atoms with Crippen molar-refractivity contribution in [2.75, 3.05) is 13.2 Å². The summed E-state index contributed by atoms with van der Waals surface area (Å²) in [7, 11) is 0. The molecule has 0 N–H and O–H groups in total. The van der Waals surface area contributed by atoms with Crippen LogP contribution in [0.2, 0.25) is 0 Å². The van der Waals surface area contributed by atoms with Crippen LogP contribution in [-0.4, -0.2) is 19.0 Å². The number of carbonyl (C=O) groups excluding carboxylic acids is 1. The van der Waals surface area contributed by atoms with E-state index >= 15 is 0 Å². The summed E-state index contributed by atoms with van der Waals surface area (Å²) in [5.74, 6) is 0.110. The highest BCUT2D eigenvalue weighted by atomic mass is 32.1. The van der Waals surface area contributed by atoms with Gasteiger partial charge in [0.15, 0.2) is 5.78 Å². The number of carbonyl (C=O) groups is 1. The van der Waals surface area contributed by atoms with Crippen molar-refractivity contribution in [1.82, 2.24) is 0 Å². The van der Waals surface area contributed by atoms with E-state index in [4.69, 9.17) is 4.74 Å². The van der Waals surface area contributed by atoms with Crippen LogP contribution < -0.4 is 0 Å². The predicted molar refractivity (Wildman–Crippen MR) is 68.5 cm³/mol. The molecule has 90 valence electrons. The van der Waals surface area contributed by atoms with Gasteiger partial charge in [-0.3, -0.25) is 4.79 Å². The van der Waals surface area contributed by atoms with Crippen molar-refractivity contribution in [3.05, 3.63) is 21.4 Å². The van der Waals surface area contributed by atoms with Crippen molar-refractivity contribution in [3.63, 3.8) is 0 Å². The van der Waals surface area contributed by atoms with Gasteiger partial charge in [0.2, 0.25) is 0 Å². The Morgan fingerprint density at radius 1 is 1.38 bits per heavy atom. The SMILES string of the molecule is CCCCCOCC(=O)c1cc(C)sc1C. The van der Waals surface area contributed by atoms with E-state index in [1.165, 1.54) is 17.7 Å². The average molecular weight is 240 g/mol. The molecule has 16 heavy (non-hydrogen) atoms. The van der Waals surface area contributed by atoms with Crippen LogP contribution in [0.15, 0.2) is 6.07 Å². The molecule has 0 saturated heterocycles. The Kier molecular flexibility index (Phi) is 5.71. The highest BCUT2D eigenvalue weighted by molar-refractivity contribution is 7.12. The summed E-state index contributed by atoms with van der Waals surface area (Å²) >= 11 is 1.67. The number of rotatable bonds is 7. The number of hydrogen-bond acceptors (Lipinski definition) is 3. The van der Waals surface area contributed by atoms with E-state index in [0.29, 0.717) is 6.61 Å². The summed E-state index contributed by atoms with van der Waals surface area (Å²) < 4.78 is 5.37. The van der Waals surface area contributed by atoms with E-state index in [-0.39, 0.29) is 12.4 Å². The first-order chi connectivity index (χ1) is 7.65. The van der Waals surface area contributed by atoms with Gasteiger partial charge in [-0.2, -0.15) is 0 Å². The first-order valence-electron chi connectivity index (χ1n) is 5.83. The van der Waals surface area contributed by atoms with Gasteiger partial charge in [-0.05, 0) is 26.3 Å². The van der Waals surface area contributed by atoms with E-state index in [0.717, 1.165) is 16.9 Å². The molecular formula is C13H20O2S. The molecule has 2 nitrogen and oxygen atoms in total. The zero-order valence-corrected chi connectivity index (χ0v) is 11.2. The van der Waals surface area contributed by atoms with Crippen LogP contribution >= 0.6 is 11.3 Å². The number of hydrogen-bond donors (Lipinski definition) is 0. The molecule has 0 spiro atoms. The van der Waals surface area contributed by atoms with Crippen LogP contribution in [-0.2, 0) is 4.74 Å². The first-order valence-corrected chi connectivity index (χ1v) is 6.64. The molecule has 0 fully saturated rings. The van der Waals surface area contributed by atoms with Crippen molar-refractivity contribution >= 4 is 17.1 Å². The van der Waals surface area contributed by atoms with Gasteiger partial charge < -0.3 is 4.74 Å². The van der Waals surface area contributed by atoms with E-state index in [9.17, 15) is 4.79 Å². The van der Waals surface area contributed by atoms with E-state index < -0.39 is 0 Å². The van der Waals surface area contributed by atoms with Gasteiger partial charge in [0.25, 0.3) is 0 Å². The summed E-state index contributed by atoms with van der Waals surface area (Å²) in [6, 6.07) is 1.96. The Labute approximate surface area is 102 Å². The number of ether oxygens (including phenoxy) is 1. The van der Waals surface area contributed by atoms with Gasteiger partial charge in [-0.1, -0.05) is 19.8 Å². The zero-order chi connectivity index (χ0) is 12.0. The van der Waals surface area contributed by atoms with Crippen LogP contribution in [0.4, 0.5) is 0 Å². The maximum absolute atomic E-state index is 11.8. The molecule has 0 atom stereocenters. The summed E-state index contributed by atoms with van der Waals surface area (Å²) in [5.41, 5.74) is 0.831. The molecule has 0 saturated carbocycles. The monoisotopic (exact) mass is 240 g/mol. The number of unbranched alkanes of at least 4 members (excludes halogenated alkanes) is 2. The largest absolute Gasteiger partial charge is 0.373 e. The molecule has 0 aliphatic heterocycles. The lowest BCUT2D eigenvalue weighted by atomic mass is 10.2. The molecule has 1 aromatic rings. The van der Waals surface area contributed by atoms with Crippen molar-refractivity contribution in [2.45, 2.75) is 40.0 Å². The maximum Gasteiger partial charge on any atom is 0.189 e. The van der Waals surface area contributed by atoms with E-state index in [1.807, 2.05) is 19.9 Å². The lowest BCUT2D eigenvalue weighted by molar-refractivity contribution is 0.0753. The summed E-state index contributed by atoms with van der Waals surface area (Å²) in [6.07, 6.45) is 3.40. The van der Waals surface area contributed by atoms with Crippen LogP contribution in [0.1, 0.15) is 46.3 Å². The highest BCUT2D eigenvalue weighted by Gasteiger charge is 2.11. The smallest absolute Gasteiger partial charge is 0.189 e.